The van der Waals surface area contributed by atoms with Gasteiger partial charge in [-0.05, 0) is 56.4 Å². The molecule has 0 radical (unpaired) electrons. The molecule has 0 atom stereocenters. The average molecular weight is 357 g/mol. The third kappa shape index (κ3) is 2.39. The van der Waals surface area contributed by atoms with Gasteiger partial charge in [-0.3, -0.25) is 0 Å². The van der Waals surface area contributed by atoms with Gasteiger partial charge in [0.25, 0.3) is 0 Å². The summed E-state index contributed by atoms with van der Waals surface area (Å²) in [6, 6.07) is 7.86. The predicted octanol–water partition coefficient (Wildman–Crippen LogP) is 4.34. The minimum absolute atomic E-state index is 0.320. The van der Waals surface area contributed by atoms with Crippen molar-refractivity contribution < 1.29 is 9.53 Å². The van der Waals surface area contributed by atoms with Crippen LogP contribution in [-0.2, 0) is 4.74 Å². The normalized spacial score (nSPS) is 11.8. The van der Waals surface area contributed by atoms with Crippen LogP contribution in [0.3, 0.4) is 0 Å². The molecular weight excluding hydrogens is 341 g/mol. The van der Waals surface area contributed by atoms with Gasteiger partial charge in [0.05, 0.1) is 5.52 Å². The number of halogens is 1. The van der Waals surface area contributed by atoms with E-state index in [1.54, 1.807) is 4.57 Å². The first-order valence-electron chi connectivity index (χ1n) is 5.80. The molecule has 1 heterocycles. The first-order chi connectivity index (χ1) is 8.31. The molecule has 2 rings (SSSR count). The van der Waals surface area contributed by atoms with E-state index in [4.69, 9.17) is 4.74 Å². The van der Waals surface area contributed by atoms with E-state index in [9.17, 15) is 4.79 Å². The number of hydrogen-bond acceptors (Lipinski definition) is 2. The fourth-order valence-electron chi connectivity index (χ4n) is 1.87. The van der Waals surface area contributed by atoms with Crippen molar-refractivity contribution >= 4 is 39.6 Å². The first-order valence-corrected chi connectivity index (χ1v) is 6.88. The lowest BCUT2D eigenvalue weighted by molar-refractivity contribution is 0.0541. The van der Waals surface area contributed by atoms with Crippen molar-refractivity contribution in [3.63, 3.8) is 0 Å². The highest BCUT2D eigenvalue weighted by Gasteiger charge is 2.22. The summed E-state index contributed by atoms with van der Waals surface area (Å²) in [5.41, 5.74) is 1.33. The van der Waals surface area contributed by atoms with E-state index in [1.165, 1.54) is 0 Å². The van der Waals surface area contributed by atoms with Crippen molar-refractivity contribution in [2.45, 2.75) is 33.3 Å². The van der Waals surface area contributed by atoms with Crippen LogP contribution in [0.2, 0.25) is 0 Å². The SMILES string of the molecule is Cc1c(I)c2ccccc2n1C(=O)OC(C)(C)C. The predicted molar refractivity (Wildman–Crippen MR) is 81.0 cm³/mol. The summed E-state index contributed by atoms with van der Waals surface area (Å²) >= 11 is 2.27. The molecule has 0 bridgehead atoms. The fourth-order valence-corrected chi connectivity index (χ4v) is 2.57. The summed E-state index contributed by atoms with van der Waals surface area (Å²) in [5, 5.41) is 1.08. The van der Waals surface area contributed by atoms with Crippen molar-refractivity contribution in [2.75, 3.05) is 0 Å². The minimum Gasteiger partial charge on any atom is -0.443 e. The summed E-state index contributed by atoms with van der Waals surface area (Å²) < 4.78 is 8.18. The molecule has 0 saturated heterocycles. The molecule has 0 spiro atoms. The smallest absolute Gasteiger partial charge is 0.419 e. The van der Waals surface area contributed by atoms with Gasteiger partial charge in [-0.15, -0.1) is 0 Å². The van der Waals surface area contributed by atoms with Gasteiger partial charge in [0.2, 0.25) is 0 Å². The lowest BCUT2D eigenvalue weighted by atomic mass is 10.2. The summed E-state index contributed by atoms with van der Waals surface area (Å²) in [6.07, 6.45) is -0.320. The van der Waals surface area contributed by atoms with Crippen LogP contribution in [0.15, 0.2) is 24.3 Å². The molecule has 0 fully saturated rings. The Hall–Kier alpha value is -1.04. The molecule has 1 aromatic carbocycles. The molecule has 0 aliphatic carbocycles. The fraction of sp³-hybridized carbons (Fsp3) is 0.357. The Balaban J connectivity index is 2.58. The first kappa shape index (κ1) is 13.4. The Bertz CT molecular complexity index is 608. The van der Waals surface area contributed by atoms with Crippen molar-refractivity contribution in [3.05, 3.63) is 33.5 Å². The number of aromatic nitrogens is 1. The van der Waals surface area contributed by atoms with Gasteiger partial charge in [-0.25, -0.2) is 9.36 Å². The third-order valence-corrected chi connectivity index (χ3v) is 3.97. The molecule has 2 aromatic rings. The van der Waals surface area contributed by atoms with Gasteiger partial charge in [-0.1, -0.05) is 18.2 Å². The van der Waals surface area contributed by atoms with Gasteiger partial charge in [0, 0.05) is 14.7 Å². The molecule has 0 aliphatic rings. The Kier molecular flexibility index (Phi) is 3.40. The topological polar surface area (TPSA) is 31.2 Å². The van der Waals surface area contributed by atoms with Crippen LogP contribution in [0.1, 0.15) is 26.5 Å². The maximum atomic E-state index is 12.2. The number of rotatable bonds is 0. The van der Waals surface area contributed by atoms with Gasteiger partial charge < -0.3 is 4.74 Å². The summed E-state index contributed by atoms with van der Waals surface area (Å²) in [4.78, 5) is 12.2. The number of hydrogen-bond donors (Lipinski definition) is 0. The Morgan fingerprint density at radius 1 is 1.28 bits per heavy atom. The molecule has 1 aromatic heterocycles. The lowest BCUT2D eigenvalue weighted by Crippen LogP contribution is -2.27. The Labute approximate surface area is 120 Å². The highest BCUT2D eigenvalue weighted by atomic mass is 127. The minimum atomic E-state index is -0.486. The standard InChI is InChI=1S/C14H16INO2/c1-9-12(15)10-7-5-6-8-11(10)16(9)13(17)18-14(2,3)4/h5-8H,1-4H3. The van der Waals surface area contributed by atoms with Gasteiger partial charge in [0.1, 0.15) is 5.60 Å². The molecule has 0 amide bonds. The van der Waals surface area contributed by atoms with E-state index in [0.29, 0.717) is 0 Å². The van der Waals surface area contributed by atoms with E-state index in [2.05, 4.69) is 22.6 Å². The zero-order chi connectivity index (χ0) is 13.5. The highest BCUT2D eigenvalue weighted by molar-refractivity contribution is 14.1. The molecule has 3 nitrogen and oxygen atoms in total. The van der Waals surface area contributed by atoms with Crippen molar-refractivity contribution in [1.29, 1.82) is 0 Å². The van der Waals surface area contributed by atoms with E-state index in [0.717, 1.165) is 20.2 Å². The second-order valence-electron chi connectivity index (χ2n) is 5.23. The van der Waals surface area contributed by atoms with Crippen molar-refractivity contribution in [1.82, 2.24) is 4.57 Å². The Morgan fingerprint density at radius 2 is 1.89 bits per heavy atom. The van der Waals surface area contributed by atoms with Crippen LogP contribution < -0.4 is 0 Å². The average Bonchev–Trinajstić information content (AvgIpc) is 2.50. The molecule has 0 N–H and O–H groups in total. The number of nitrogens with zero attached hydrogens (tertiary/aromatic N) is 1. The van der Waals surface area contributed by atoms with Crippen LogP contribution in [0.4, 0.5) is 4.79 Å². The van der Waals surface area contributed by atoms with Gasteiger partial charge in [-0.2, -0.15) is 0 Å². The molecule has 96 valence electrons. The lowest BCUT2D eigenvalue weighted by Gasteiger charge is -2.20. The molecule has 4 heteroatoms. The summed E-state index contributed by atoms with van der Waals surface area (Å²) in [5.74, 6) is 0. The zero-order valence-electron chi connectivity index (χ0n) is 11.0. The number of carbonyl (C=O) groups is 1. The molecular formula is C14H16INO2. The molecule has 0 aliphatic heterocycles. The van der Waals surface area contributed by atoms with Crippen molar-refractivity contribution in [2.24, 2.45) is 0 Å². The maximum Gasteiger partial charge on any atom is 0.419 e. The van der Waals surface area contributed by atoms with Crippen LogP contribution in [0.5, 0.6) is 0 Å². The third-order valence-electron chi connectivity index (χ3n) is 2.61. The largest absolute Gasteiger partial charge is 0.443 e. The Morgan fingerprint density at radius 3 is 2.50 bits per heavy atom. The van der Waals surface area contributed by atoms with E-state index < -0.39 is 5.60 Å². The number of benzene rings is 1. The number of fused-ring (bicyclic) bond motifs is 1. The quantitative estimate of drug-likeness (QED) is 0.657. The molecule has 18 heavy (non-hydrogen) atoms. The van der Waals surface area contributed by atoms with Crippen LogP contribution in [-0.4, -0.2) is 16.3 Å². The van der Waals surface area contributed by atoms with Crippen LogP contribution in [0, 0.1) is 10.5 Å². The second-order valence-corrected chi connectivity index (χ2v) is 6.31. The number of carbonyl (C=O) groups excluding carboxylic acids is 1. The van der Waals surface area contributed by atoms with Crippen LogP contribution >= 0.6 is 22.6 Å². The maximum absolute atomic E-state index is 12.2. The monoisotopic (exact) mass is 357 g/mol. The van der Waals surface area contributed by atoms with Crippen LogP contribution in [0.25, 0.3) is 10.9 Å². The number of ether oxygens (including phenoxy) is 1. The van der Waals surface area contributed by atoms with E-state index >= 15 is 0 Å². The van der Waals surface area contributed by atoms with Gasteiger partial charge in [0.15, 0.2) is 0 Å². The zero-order valence-corrected chi connectivity index (χ0v) is 13.1. The van der Waals surface area contributed by atoms with E-state index in [1.807, 2.05) is 52.0 Å². The van der Waals surface area contributed by atoms with Crippen molar-refractivity contribution in [3.8, 4) is 0 Å². The number of para-hydroxylation sites is 1. The van der Waals surface area contributed by atoms with E-state index in [-0.39, 0.29) is 6.09 Å². The van der Waals surface area contributed by atoms with Gasteiger partial charge >= 0.3 is 6.09 Å². The summed E-state index contributed by atoms with van der Waals surface area (Å²) in [7, 11) is 0. The second kappa shape index (κ2) is 4.57. The summed E-state index contributed by atoms with van der Waals surface area (Å²) in [6.45, 7) is 7.55. The highest BCUT2D eigenvalue weighted by Crippen LogP contribution is 2.27. The molecule has 0 saturated carbocycles. The molecule has 0 unspecified atom stereocenters.